The molecule has 2 aliphatic heterocycles. The van der Waals surface area contributed by atoms with Crippen LogP contribution >= 0.6 is 23.1 Å². The topological polar surface area (TPSA) is 53.5 Å². The largest absolute Gasteiger partial charge is 0.342 e. The van der Waals surface area contributed by atoms with Crippen molar-refractivity contribution in [1.82, 2.24) is 14.8 Å². The van der Waals surface area contributed by atoms with E-state index in [1.165, 1.54) is 16.5 Å². The molecule has 5 nitrogen and oxygen atoms in total. The zero-order chi connectivity index (χ0) is 21.9. The van der Waals surface area contributed by atoms with Gasteiger partial charge in [-0.25, -0.2) is 4.98 Å². The van der Waals surface area contributed by atoms with E-state index in [9.17, 15) is 9.59 Å². The summed E-state index contributed by atoms with van der Waals surface area (Å²) < 4.78 is 1.20. The molecule has 0 saturated carbocycles. The Balaban J connectivity index is 1.28. The van der Waals surface area contributed by atoms with Gasteiger partial charge in [-0.2, -0.15) is 0 Å². The molecule has 0 N–H and O–H groups in total. The number of likely N-dealkylation sites (tertiary alicyclic amines) is 2. The quantitative estimate of drug-likeness (QED) is 0.496. The van der Waals surface area contributed by atoms with Crippen LogP contribution in [-0.4, -0.2) is 58.5 Å². The number of aromatic nitrogens is 1. The molecule has 0 aliphatic carbocycles. The minimum atomic E-state index is 0.0625. The number of thiazole rings is 1. The van der Waals surface area contributed by atoms with E-state index >= 15 is 0 Å². The van der Waals surface area contributed by atoms with Crippen molar-refractivity contribution in [3.63, 3.8) is 0 Å². The fourth-order valence-electron chi connectivity index (χ4n) is 4.56. The second-order valence-corrected chi connectivity index (χ2v) is 10.6. The van der Waals surface area contributed by atoms with E-state index < -0.39 is 0 Å². The van der Waals surface area contributed by atoms with Crippen LogP contribution in [0.3, 0.4) is 0 Å². The molecular formula is C25H27N3O2S2. The molecule has 2 aliphatic rings. The molecule has 0 unspecified atom stereocenters. The number of para-hydroxylation sites is 1. The van der Waals surface area contributed by atoms with Crippen LogP contribution in [0.25, 0.3) is 10.2 Å². The molecule has 7 heteroatoms. The Labute approximate surface area is 196 Å². The highest BCUT2D eigenvalue weighted by atomic mass is 32.2. The molecule has 2 fully saturated rings. The van der Waals surface area contributed by atoms with Crippen LogP contribution < -0.4 is 0 Å². The normalized spacial score (nSPS) is 18.9. The third kappa shape index (κ3) is 4.55. The molecule has 1 aromatic heterocycles. The highest BCUT2D eigenvalue weighted by molar-refractivity contribution is 8.00. The maximum absolute atomic E-state index is 13.5. The average Bonchev–Trinajstić information content (AvgIpc) is 3.53. The van der Waals surface area contributed by atoms with Gasteiger partial charge >= 0.3 is 0 Å². The van der Waals surface area contributed by atoms with Crippen LogP contribution in [0.2, 0.25) is 0 Å². The highest BCUT2D eigenvalue weighted by Crippen LogP contribution is 2.34. The first-order chi connectivity index (χ1) is 15.7. The van der Waals surface area contributed by atoms with Crippen molar-refractivity contribution in [2.75, 3.05) is 31.9 Å². The van der Waals surface area contributed by atoms with Gasteiger partial charge in [0.25, 0.3) is 5.91 Å². The Kier molecular flexibility index (Phi) is 6.46. The van der Waals surface area contributed by atoms with Crippen molar-refractivity contribution in [2.24, 2.45) is 0 Å². The predicted molar refractivity (Wildman–Crippen MR) is 130 cm³/mol. The first-order valence-corrected chi connectivity index (χ1v) is 13.1. The number of hydrogen-bond acceptors (Lipinski definition) is 5. The number of amides is 2. The molecule has 5 rings (SSSR count). The molecular weight excluding hydrogens is 438 g/mol. The highest BCUT2D eigenvalue weighted by Gasteiger charge is 2.29. The summed E-state index contributed by atoms with van der Waals surface area (Å²) in [7, 11) is 0. The molecule has 2 saturated heterocycles. The summed E-state index contributed by atoms with van der Waals surface area (Å²) in [5.41, 5.74) is 1.75. The number of piperidine rings is 1. The Morgan fingerprint density at radius 1 is 0.969 bits per heavy atom. The zero-order valence-electron chi connectivity index (χ0n) is 18.0. The Morgan fingerprint density at radius 2 is 1.72 bits per heavy atom. The Bertz CT molecular complexity index is 1090. The summed E-state index contributed by atoms with van der Waals surface area (Å²) >= 11 is 3.23. The van der Waals surface area contributed by atoms with Crippen molar-refractivity contribution in [2.45, 2.75) is 36.5 Å². The zero-order valence-corrected chi connectivity index (χ0v) is 19.7. The van der Waals surface area contributed by atoms with Gasteiger partial charge in [0, 0.05) is 37.0 Å². The van der Waals surface area contributed by atoms with Gasteiger partial charge in [0.1, 0.15) is 0 Å². The van der Waals surface area contributed by atoms with Gasteiger partial charge in [-0.15, -0.1) is 23.1 Å². The summed E-state index contributed by atoms with van der Waals surface area (Å²) in [5.74, 6) is 0.899. The van der Waals surface area contributed by atoms with Gasteiger partial charge in [-0.3, -0.25) is 9.59 Å². The van der Waals surface area contributed by atoms with Crippen LogP contribution in [0.5, 0.6) is 0 Å². The van der Waals surface area contributed by atoms with Gasteiger partial charge < -0.3 is 9.80 Å². The van der Waals surface area contributed by atoms with E-state index in [0.717, 1.165) is 60.7 Å². The summed E-state index contributed by atoms with van der Waals surface area (Å²) in [6, 6.07) is 15.9. The van der Waals surface area contributed by atoms with Crippen LogP contribution in [0, 0.1) is 0 Å². The summed E-state index contributed by atoms with van der Waals surface area (Å²) in [6.45, 7) is 3.19. The Hall–Kier alpha value is -2.38. The molecule has 2 aromatic carbocycles. The molecule has 3 heterocycles. The molecule has 0 spiro atoms. The van der Waals surface area contributed by atoms with Gasteiger partial charge in [0.05, 0.1) is 26.5 Å². The minimum absolute atomic E-state index is 0.0625. The molecule has 166 valence electrons. The van der Waals surface area contributed by atoms with Crippen LogP contribution in [0.15, 0.2) is 53.4 Å². The van der Waals surface area contributed by atoms with E-state index in [0.29, 0.717) is 17.9 Å². The third-order valence-corrected chi connectivity index (χ3v) is 8.55. The van der Waals surface area contributed by atoms with E-state index in [2.05, 4.69) is 12.1 Å². The fourth-order valence-corrected chi connectivity index (χ4v) is 6.61. The standard InChI is InChI=1S/C25H27N3O2S2/c29-23(27-13-5-6-14-27)17-31-21-11-3-1-9-19(21)25(30)28-15-7-8-18(16-28)24-26-20-10-2-4-12-22(20)32-24/h1-4,9-12,18H,5-8,13-17H2/t18-/m0/s1. The predicted octanol–water partition coefficient (Wildman–Crippen LogP) is 5.03. The lowest BCUT2D eigenvalue weighted by atomic mass is 9.98. The SMILES string of the molecule is O=C(CSc1ccccc1C(=O)N1CCC[C@H](c2nc3ccccc3s2)C1)N1CCCC1. The smallest absolute Gasteiger partial charge is 0.255 e. The molecule has 0 bridgehead atoms. The minimum Gasteiger partial charge on any atom is -0.342 e. The number of hydrogen-bond donors (Lipinski definition) is 0. The maximum atomic E-state index is 13.5. The van der Waals surface area contributed by atoms with Crippen molar-refractivity contribution in [3.8, 4) is 0 Å². The molecule has 1 atom stereocenters. The molecule has 2 amide bonds. The summed E-state index contributed by atoms with van der Waals surface area (Å²) in [6.07, 6.45) is 4.23. The number of benzene rings is 2. The van der Waals surface area contributed by atoms with E-state index in [4.69, 9.17) is 4.98 Å². The van der Waals surface area contributed by atoms with Gasteiger partial charge in [0.15, 0.2) is 0 Å². The van der Waals surface area contributed by atoms with Crippen LogP contribution in [0.1, 0.15) is 47.0 Å². The van der Waals surface area contributed by atoms with Crippen molar-refractivity contribution < 1.29 is 9.59 Å². The maximum Gasteiger partial charge on any atom is 0.255 e. The number of thioether (sulfide) groups is 1. The fraction of sp³-hybridized carbons (Fsp3) is 0.400. The lowest BCUT2D eigenvalue weighted by Crippen LogP contribution is -2.39. The van der Waals surface area contributed by atoms with E-state index in [-0.39, 0.29) is 17.7 Å². The van der Waals surface area contributed by atoms with E-state index in [1.54, 1.807) is 11.3 Å². The van der Waals surface area contributed by atoms with Gasteiger partial charge in [-0.1, -0.05) is 24.3 Å². The van der Waals surface area contributed by atoms with Crippen molar-refractivity contribution >= 4 is 45.1 Å². The second-order valence-electron chi connectivity index (χ2n) is 8.48. The summed E-state index contributed by atoms with van der Waals surface area (Å²) in [5, 5.41) is 1.13. The van der Waals surface area contributed by atoms with Gasteiger partial charge in [0.2, 0.25) is 5.91 Å². The first kappa shape index (κ1) is 21.5. The number of nitrogens with zero attached hydrogens (tertiary/aromatic N) is 3. The van der Waals surface area contributed by atoms with Crippen LogP contribution in [0.4, 0.5) is 0 Å². The number of carbonyl (C=O) groups excluding carboxylic acids is 2. The second kappa shape index (κ2) is 9.63. The number of carbonyl (C=O) groups is 2. The molecule has 0 radical (unpaired) electrons. The lowest BCUT2D eigenvalue weighted by Gasteiger charge is -2.32. The lowest BCUT2D eigenvalue weighted by molar-refractivity contribution is -0.127. The van der Waals surface area contributed by atoms with E-state index in [1.807, 2.05) is 46.2 Å². The van der Waals surface area contributed by atoms with Gasteiger partial charge in [-0.05, 0) is 49.9 Å². The monoisotopic (exact) mass is 465 g/mol. The van der Waals surface area contributed by atoms with Crippen molar-refractivity contribution in [3.05, 3.63) is 59.1 Å². The Morgan fingerprint density at radius 3 is 2.56 bits per heavy atom. The molecule has 32 heavy (non-hydrogen) atoms. The van der Waals surface area contributed by atoms with Crippen LogP contribution in [-0.2, 0) is 4.79 Å². The third-order valence-electron chi connectivity index (χ3n) is 6.30. The first-order valence-electron chi connectivity index (χ1n) is 11.3. The molecule has 3 aromatic rings. The number of rotatable bonds is 5. The van der Waals surface area contributed by atoms with Crippen molar-refractivity contribution in [1.29, 1.82) is 0 Å². The number of fused-ring (bicyclic) bond motifs is 1. The summed E-state index contributed by atoms with van der Waals surface area (Å²) in [4.78, 5) is 35.6. The average molecular weight is 466 g/mol.